The fourth-order valence-corrected chi connectivity index (χ4v) is 4.94. The molecule has 13 heteroatoms. The number of nitrogens with one attached hydrogen (secondary N) is 1. The van der Waals surface area contributed by atoms with Gasteiger partial charge in [-0.05, 0) is 43.9 Å². The number of aromatic nitrogens is 4. The molecule has 1 aliphatic rings. The van der Waals surface area contributed by atoms with E-state index in [2.05, 4.69) is 36.5 Å². The minimum Gasteiger partial charge on any atom is -0.471 e. The second-order valence-corrected chi connectivity index (χ2v) is 9.59. The molecule has 0 aromatic carbocycles. The number of pyridine rings is 1. The van der Waals surface area contributed by atoms with Crippen molar-refractivity contribution in [2.45, 2.75) is 51.6 Å². The normalized spacial score (nSPS) is 18.5. The third-order valence-electron chi connectivity index (χ3n) is 5.87. The third-order valence-corrected chi connectivity index (χ3v) is 6.80. The predicted molar refractivity (Wildman–Crippen MR) is 130 cm³/mol. The van der Waals surface area contributed by atoms with Gasteiger partial charge in [0.25, 0.3) is 5.91 Å². The highest BCUT2D eigenvalue weighted by Gasteiger charge is 2.33. The Bertz CT molecular complexity index is 1200. The highest BCUT2D eigenvalue weighted by Crippen LogP contribution is 2.28. The standard InChI is InChI=1S/C24H26F4N6O2S/c1-3-7-34-8-6-18(17(25)13-34)36-21-5-4-15(10-31-21)32-23(35)22-14(2)33-37-19(22)9-16-11-30-20(12-29-16)24(26,27)28/h4-5,10-12,17-18H,3,6-9,13H2,1-2H3,(H,32,35)/t17-,18-/m1/s1. The molecule has 4 heterocycles. The summed E-state index contributed by atoms with van der Waals surface area (Å²) >= 11 is 1.07. The molecular formula is C24H26F4N6O2S. The zero-order chi connectivity index (χ0) is 26.6. The molecule has 1 saturated heterocycles. The second-order valence-electron chi connectivity index (χ2n) is 8.73. The second kappa shape index (κ2) is 11.5. The summed E-state index contributed by atoms with van der Waals surface area (Å²) in [6.07, 6.45) is -1.49. The van der Waals surface area contributed by atoms with Gasteiger partial charge in [-0.15, -0.1) is 0 Å². The van der Waals surface area contributed by atoms with E-state index in [0.29, 0.717) is 41.0 Å². The number of halogens is 4. The van der Waals surface area contributed by atoms with E-state index in [1.165, 1.54) is 6.20 Å². The highest BCUT2D eigenvalue weighted by atomic mass is 32.1. The molecule has 1 amide bonds. The third kappa shape index (κ3) is 6.77. The van der Waals surface area contributed by atoms with Crippen molar-refractivity contribution in [1.29, 1.82) is 0 Å². The lowest BCUT2D eigenvalue weighted by atomic mass is 10.1. The van der Waals surface area contributed by atoms with E-state index >= 15 is 0 Å². The minimum atomic E-state index is -4.58. The van der Waals surface area contributed by atoms with E-state index in [0.717, 1.165) is 37.2 Å². The van der Waals surface area contributed by atoms with Gasteiger partial charge >= 0.3 is 6.18 Å². The Balaban J connectivity index is 1.37. The van der Waals surface area contributed by atoms with Gasteiger partial charge < -0.3 is 15.0 Å². The monoisotopic (exact) mass is 538 g/mol. The first-order valence-electron chi connectivity index (χ1n) is 11.8. The fraction of sp³-hybridized carbons (Fsp3) is 0.458. The molecule has 8 nitrogen and oxygen atoms in total. The van der Waals surface area contributed by atoms with Crippen LogP contribution in [0.5, 0.6) is 5.88 Å². The lowest BCUT2D eigenvalue weighted by Gasteiger charge is -2.34. The number of hydrogen-bond donors (Lipinski definition) is 1. The van der Waals surface area contributed by atoms with Gasteiger partial charge in [0.2, 0.25) is 5.88 Å². The number of nitrogens with zero attached hydrogens (tertiary/aromatic N) is 5. The molecule has 1 aliphatic heterocycles. The Morgan fingerprint density at radius 1 is 1.22 bits per heavy atom. The van der Waals surface area contributed by atoms with Crippen LogP contribution in [0.2, 0.25) is 0 Å². The van der Waals surface area contributed by atoms with Crippen molar-refractivity contribution in [2.24, 2.45) is 0 Å². The smallest absolute Gasteiger partial charge is 0.434 e. The summed E-state index contributed by atoms with van der Waals surface area (Å²) < 4.78 is 62.7. The van der Waals surface area contributed by atoms with E-state index in [4.69, 9.17) is 4.74 Å². The molecule has 0 spiro atoms. The highest BCUT2D eigenvalue weighted by molar-refractivity contribution is 7.06. The average molecular weight is 539 g/mol. The average Bonchev–Trinajstić information content (AvgIpc) is 3.22. The largest absolute Gasteiger partial charge is 0.471 e. The summed E-state index contributed by atoms with van der Waals surface area (Å²) in [6.45, 7) is 5.69. The van der Waals surface area contributed by atoms with Gasteiger partial charge in [-0.25, -0.2) is 14.4 Å². The topological polar surface area (TPSA) is 93.1 Å². The fourth-order valence-electron chi connectivity index (χ4n) is 4.06. The van der Waals surface area contributed by atoms with E-state index in [1.54, 1.807) is 19.1 Å². The summed E-state index contributed by atoms with van der Waals surface area (Å²) in [6, 6.07) is 3.17. The van der Waals surface area contributed by atoms with Gasteiger partial charge in [0, 0.05) is 36.7 Å². The number of hydrogen-bond acceptors (Lipinski definition) is 8. The van der Waals surface area contributed by atoms with Crippen molar-refractivity contribution < 1.29 is 27.1 Å². The molecular weight excluding hydrogens is 512 g/mol. The molecule has 0 aliphatic carbocycles. The van der Waals surface area contributed by atoms with Crippen molar-refractivity contribution in [1.82, 2.24) is 24.2 Å². The maximum absolute atomic E-state index is 14.5. The van der Waals surface area contributed by atoms with Crippen LogP contribution in [0.15, 0.2) is 30.7 Å². The Hall–Kier alpha value is -3.19. The van der Waals surface area contributed by atoms with E-state index in [-0.39, 0.29) is 18.0 Å². The summed E-state index contributed by atoms with van der Waals surface area (Å²) in [5.74, 6) is -0.173. The van der Waals surface area contributed by atoms with Crippen molar-refractivity contribution in [2.75, 3.05) is 25.0 Å². The number of carbonyl (C=O) groups excluding carboxylic acids is 1. The molecule has 1 N–H and O–H groups in total. The van der Waals surface area contributed by atoms with Crippen LogP contribution in [0.25, 0.3) is 0 Å². The molecule has 37 heavy (non-hydrogen) atoms. The van der Waals surface area contributed by atoms with Crippen LogP contribution in [0, 0.1) is 6.92 Å². The van der Waals surface area contributed by atoms with Crippen LogP contribution in [-0.4, -0.2) is 62.0 Å². The van der Waals surface area contributed by atoms with Gasteiger partial charge in [0.15, 0.2) is 5.69 Å². The number of piperidine rings is 1. The Kier molecular flexibility index (Phi) is 8.32. The Labute approximate surface area is 215 Å². The lowest BCUT2D eigenvalue weighted by molar-refractivity contribution is -0.141. The van der Waals surface area contributed by atoms with Crippen LogP contribution < -0.4 is 10.1 Å². The van der Waals surface area contributed by atoms with E-state index in [1.807, 2.05) is 0 Å². The summed E-state index contributed by atoms with van der Waals surface area (Å²) in [7, 11) is 0. The molecule has 0 unspecified atom stereocenters. The molecule has 3 aromatic heterocycles. The van der Waals surface area contributed by atoms with Crippen LogP contribution in [-0.2, 0) is 12.6 Å². The maximum Gasteiger partial charge on any atom is 0.434 e. The first-order valence-corrected chi connectivity index (χ1v) is 12.5. The number of amides is 1. The summed E-state index contributed by atoms with van der Waals surface area (Å²) in [4.78, 5) is 27.0. The van der Waals surface area contributed by atoms with Crippen LogP contribution >= 0.6 is 11.5 Å². The number of alkyl halides is 4. The molecule has 4 rings (SSSR count). The number of anilines is 1. The molecule has 0 saturated carbocycles. The van der Waals surface area contributed by atoms with Gasteiger partial charge in [-0.3, -0.25) is 9.78 Å². The molecule has 1 fully saturated rings. The molecule has 2 atom stereocenters. The number of ether oxygens (including phenoxy) is 1. The Morgan fingerprint density at radius 3 is 2.65 bits per heavy atom. The molecule has 0 bridgehead atoms. The van der Waals surface area contributed by atoms with Crippen molar-refractivity contribution in [3.63, 3.8) is 0 Å². The number of rotatable bonds is 8. The van der Waals surface area contributed by atoms with Crippen molar-refractivity contribution >= 4 is 23.1 Å². The molecule has 0 radical (unpaired) electrons. The van der Waals surface area contributed by atoms with Gasteiger partial charge in [-0.1, -0.05) is 6.92 Å². The molecule has 198 valence electrons. The van der Waals surface area contributed by atoms with Crippen molar-refractivity contribution in [3.8, 4) is 5.88 Å². The Morgan fingerprint density at radius 2 is 2.03 bits per heavy atom. The van der Waals surface area contributed by atoms with Gasteiger partial charge in [-0.2, -0.15) is 17.5 Å². The van der Waals surface area contributed by atoms with Gasteiger partial charge in [0.05, 0.1) is 35.0 Å². The zero-order valence-corrected chi connectivity index (χ0v) is 21.1. The summed E-state index contributed by atoms with van der Waals surface area (Å²) in [5, 5.41) is 2.74. The van der Waals surface area contributed by atoms with E-state index in [9.17, 15) is 22.4 Å². The first-order chi connectivity index (χ1) is 17.6. The van der Waals surface area contributed by atoms with Crippen LogP contribution in [0.4, 0.5) is 23.2 Å². The maximum atomic E-state index is 14.5. The summed E-state index contributed by atoms with van der Waals surface area (Å²) in [5.41, 5.74) is 0.386. The predicted octanol–water partition coefficient (Wildman–Crippen LogP) is 4.70. The van der Waals surface area contributed by atoms with Crippen LogP contribution in [0.1, 0.15) is 52.1 Å². The SMILES string of the molecule is CCCN1CC[C@@H](Oc2ccc(NC(=O)c3c(C)nsc3Cc3cnc(C(F)(F)F)cn3)cn2)[C@H](F)C1. The quantitative estimate of drug-likeness (QED) is 0.416. The lowest BCUT2D eigenvalue weighted by Crippen LogP contribution is -2.47. The molecule has 3 aromatic rings. The van der Waals surface area contributed by atoms with Crippen LogP contribution in [0.3, 0.4) is 0 Å². The van der Waals surface area contributed by atoms with Gasteiger partial charge in [0.1, 0.15) is 12.3 Å². The zero-order valence-electron chi connectivity index (χ0n) is 20.3. The first kappa shape index (κ1) is 26.9. The van der Waals surface area contributed by atoms with E-state index < -0.39 is 30.1 Å². The number of likely N-dealkylation sites (tertiary alicyclic amines) is 1. The van der Waals surface area contributed by atoms with Crippen molar-refractivity contribution in [3.05, 3.63) is 58.2 Å². The minimum absolute atomic E-state index is 0.103. The number of carbonyl (C=O) groups is 1. The number of aryl methyl sites for hydroxylation is 1.